The molecule has 3 heterocycles. The molecule has 1 aromatic rings. The number of aromatic nitrogens is 1. The molecule has 5 heteroatoms. The Hall–Kier alpha value is -1.62. The Morgan fingerprint density at radius 2 is 2.39 bits per heavy atom. The first-order valence-corrected chi connectivity index (χ1v) is 6.30. The van der Waals surface area contributed by atoms with Crippen LogP contribution in [0.15, 0.2) is 18.3 Å². The van der Waals surface area contributed by atoms with Gasteiger partial charge in [-0.1, -0.05) is 0 Å². The Kier molecular flexibility index (Phi) is 2.91. The van der Waals surface area contributed by atoms with Gasteiger partial charge in [0.15, 0.2) is 0 Å². The Labute approximate surface area is 106 Å². The number of hydrogen-bond acceptors (Lipinski definition) is 4. The molecule has 0 aliphatic carbocycles. The van der Waals surface area contributed by atoms with E-state index in [1.165, 1.54) is 0 Å². The van der Waals surface area contributed by atoms with Gasteiger partial charge in [0.1, 0.15) is 18.4 Å². The molecule has 1 fully saturated rings. The molecule has 0 radical (unpaired) electrons. The van der Waals surface area contributed by atoms with Crippen molar-refractivity contribution in [2.45, 2.75) is 32.0 Å². The first kappa shape index (κ1) is 11.5. The lowest BCUT2D eigenvalue weighted by atomic mass is 10.1. The molecule has 5 nitrogen and oxygen atoms in total. The van der Waals surface area contributed by atoms with E-state index in [1.807, 2.05) is 19.1 Å². The quantitative estimate of drug-likeness (QED) is 0.753. The van der Waals surface area contributed by atoms with Crippen LogP contribution in [0.3, 0.4) is 0 Å². The second-order valence-corrected chi connectivity index (χ2v) is 4.68. The highest BCUT2D eigenvalue weighted by Crippen LogP contribution is 2.31. The van der Waals surface area contributed by atoms with Gasteiger partial charge in [0.05, 0.1) is 12.6 Å². The maximum absolute atomic E-state index is 12.4. The second kappa shape index (κ2) is 4.57. The Morgan fingerprint density at radius 3 is 3.17 bits per heavy atom. The van der Waals surface area contributed by atoms with Gasteiger partial charge in [-0.15, -0.1) is 0 Å². The van der Waals surface area contributed by atoms with Crippen LogP contribution in [0, 0.1) is 0 Å². The topological polar surface area (TPSA) is 51.7 Å². The van der Waals surface area contributed by atoms with Gasteiger partial charge in [-0.05, 0) is 31.9 Å². The van der Waals surface area contributed by atoms with E-state index in [9.17, 15) is 4.79 Å². The zero-order valence-corrected chi connectivity index (χ0v) is 10.3. The third-order valence-electron chi connectivity index (χ3n) is 3.37. The summed E-state index contributed by atoms with van der Waals surface area (Å²) in [6, 6.07) is 3.67. The number of anilines is 1. The molecule has 3 rings (SSSR count). The van der Waals surface area contributed by atoms with Crippen LogP contribution in [0.5, 0.6) is 5.88 Å². The lowest BCUT2D eigenvalue weighted by molar-refractivity contribution is -0.129. The number of nitrogens with zero attached hydrogens (tertiary/aromatic N) is 2. The Balaban J connectivity index is 1.83. The number of ether oxygens (including phenoxy) is 2. The van der Waals surface area contributed by atoms with Crippen LogP contribution in [0.25, 0.3) is 0 Å². The zero-order valence-electron chi connectivity index (χ0n) is 10.3. The molecular formula is C13H16N2O3. The number of amides is 1. The lowest BCUT2D eigenvalue weighted by Gasteiger charge is -2.30. The first-order chi connectivity index (χ1) is 8.75. The van der Waals surface area contributed by atoms with Crippen LogP contribution in [0.4, 0.5) is 5.69 Å². The highest BCUT2D eigenvalue weighted by Gasteiger charge is 2.34. The standard InChI is InChI=1S/C13H16N2O3/c1-9-4-5-11(18-9)13(16)15-7-8-17-12-10(15)3-2-6-14-12/h2-3,6,9,11H,4-5,7-8H2,1H3. The lowest BCUT2D eigenvalue weighted by Crippen LogP contribution is -2.44. The number of pyridine rings is 1. The molecule has 2 aliphatic rings. The number of carbonyl (C=O) groups excluding carboxylic acids is 1. The molecule has 0 saturated carbocycles. The summed E-state index contributed by atoms with van der Waals surface area (Å²) in [6.45, 7) is 3.05. The summed E-state index contributed by atoms with van der Waals surface area (Å²) in [7, 11) is 0. The van der Waals surface area contributed by atoms with Crippen molar-refractivity contribution in [1.82, 2.24) is 4.98 Å². The maximum Gasteiger partial charge on any atom is 0.256 e. The van der Waals surface area contributed by atoms with E-state index in [4.69, 9.17) is 9.47 Å². The van der Waals surface area contributed by atoms with Crippen molar-refractivity contribution in [1.29, 1.82) is 0 Å². The summed E-state index contributed by atoms with van der Waals surface area (Å²) >= 11 is 0. The molecule has 1 amide bonds. The van der Waals surface area contributed by atoms with Gasteiger partial charge in [0.2, 0.25) is 5.88 Å². The van der Waals surface area contributed by atoms with Gasteiger partial charge in [-0.25, -0.2) is 4.98 Å². The highest BCUT2D eigenvalue weighted by molar-refractivity contribution is 5.98. The number of fused-ring (bicyclic) bond motifs is 1. The number of carbonyl (C=O) groups is 1. The van der Waals surface area contributed by atoms with E-state index in [0.717, 1.165) is 18.5 Å². The molecule has 2 atom stereocenters. The molecule has 2 unspecified atom stereocenters. The van der Waals surface area contributed by atoms with Crippen LogP contribution in [-0.2, 0) is 9.53 Å². The van der Waals surface area contributed by atoms with Crippen LogP contribution >= 0.6 is 0 Å². The van der Waals surface area contributed by atoms with Crippen LogP contribution < -0.4 is 9.64 Å². The predicted octanol–water partition coefficient (Wildman–Crippen LogP) is 1.37. The zero-order chi connectivity index (χ0) is 12.5. The van der Waals surface area contributed by atoms with Gasteiger partial charge in [-0.3, -0.25) is 4.79 Å². The van der Waals surface area contributed by atoms with Gasteiger partial charge in [0.25, 0.3) is 5.91 Å². The largest absolute Gasteiger partial charge is 0.474 e. The molecular weight excluding hydrogens is 232 g/mol. The molecule has 18 heavy (non-hydrogen) atoms. The number of hydrogen-bond donors (Lipinski definition) is 0. The van der Waals surface area contributed by atoms with Crippen LogP contribution in [0.1, 0.15) is 19.8 Å². The van der Waals surface area contributed by atoms with E-state index in [2.05, 4.69) is 4.98 Å². The summed E-state index contributed by atoms with van der Waals surface area (Å²) in [4.78, 5) is 18.3. The average Bonchev–Trinajstić information content (AvgIpc) is 2.84. The first-order valence-electron chi connectivity index (χ1n) is 6.30. The minimum absolute atomic E-state index is 0.0249. The fraction of sp³-hybridized carbons (Fsp3) is 0.538. The monoisotopic (exact) mass is 248 g/mol. The van der Waals surface area contributed by atoms with E-state index in [0.29, 0.717) is 19.0 Å². The summed E-state index contributed by atoms with van der Waals surface area (Å²) in [5.74, 6) is 0.556. The van der Waals surface area contributed by atoms with E-state index < -0.39 is 0 Å². The molecule has 0 spiro atoms. The molecule has 2 aliphatic heterocycles. The van der Waals surface area contributed by atoms with Gasteiger partial charge in [-0.2, -0.15) is 0 Å². The summed E-state index contributed by atoms with van der Waals surface area (Å²) in [6.07, 6.45) is 3.27. The maximum atomic E-state index is 12.4. The van der Waals surface area contributed by atoms with Crippen molar-refractivity contribution in [3.05, 3.63) is 18.3 Å². The minimum Gasteiger partial charge on any atom is -0.474 e. The Morgan fingerprint density at radius 1 is 1.50 bits per heavy atom. The van der Waals surface area contributed by atoms with E-state index in [-0.39, 0.29) is 18.1 Å². The van der Waals surface area contributed by atoms with Crippen LogP contribution in [-0.4, -0.2) is 36.3 Å². The van der Waals surface area contributed by atoms with Crippen molar-refractivity contribution in [3.8, 4) is 5.88 Å². The molecule has 0 aromatic carbocycles. The summed E-state index contributed by atoms with van der Waals surface area (Å²) in [5.41, 5.74) is 0.747. The highest BCUT2D eigenvalue weighted by atomic mass is 16.5. The SMILES string of the molecule is CC1CCC(C(=O)N2CCOc3ncccc32)O1. The van der Waals surface area contributed by atoms with Gasteiger partial charge in [0, 0.05) is 6.20 Å². The van der Waals surface area contributed by atoms with Crippen molar-refractivity contribution < 1.29 is 14.3 Å². The average molecular weight is 248 g/mol. The van der Waals surface area contributed by atoms with Crippen LogP contribution in [0.2, 0.25) is 0 Å². The summed E-state index contributed by atoms with van der Waals surface area (Å²) < 4.78 is 11.1. The van der Waals surface area contributed by atoms with Crippen molar-refractivity contribution in [2.75, 3.05) is 18.1 Å². The van der Waals surface area contributed by atoms with Crippen molar-refractivity contribution in [2.24, 2.45) is 0 Å². The second-order valence-electron chi connectivity index (χ2n) is 4.68. The third kappa shape index (κ3) is 1.95. The molecule has 96 valence electrons. The third-order valence-corrected chi connectivity index (χ3v) is 3.37. The fourth-order valence-corrected chi connectivity index (χ4v) is 2.44. The van der Waals surface area contributed by atoms with Crippen molar-refractivity contribution in [3.63, 3.8) is 0 Å². The number of rotatable bonds is 1. The smallest absolute Gasteiger partial charge is 0.256 e. The minimum atomic E-state index is -0.314. The van der Waals surface area contributed by atoms with Crippen molar-refractivity contribution >= 4 is 11.6 Å². The normalized spacial score (nSPS) is 26.6. The molecule has 1 aromatic heterocycles. The van der Waals surface area contributed by atoms with E-state index in [1.54, 1.807) is 11.1 Å². The van der Waals surface area contributed by atoms with Gasteiger partial charge < -0.3 is 14.4 Å². The summed E-state index contributed by atoms with van der Waals surface area (Å²) in [5, 5.41) is 0. The van der Waals surface area contributed by atoms with E-state index >= 15 is 0 Å². The Bertz CT molecular complexity index is 463. The molecule has 1 saturated heterocycles. The predicted molar refractivity (Wildman–Crippen MR) is 65.7 cm³/mol. The molecule has 0 bridgehead atoms. The molecule has 0 N–H and O–H groups in total. The van der Waals surface area contributed by atoms with Gasteiger partial charge >= 0.3 is 0 Å². The fourth-order valence-electron chi connectivity index (χ4n) is 2.44.